The molecule has 0 saturated heterocycles. The van der Waals surface area contributed by atoms with E-state index in [4.69, 9.17) is 5.73 Å². The van der Waals surface area contributed by atoms with Crippen LogP contribution in [0.3, 0.4) is 0 Å². The third kappa shape index (κ3) is 3.06. The fourth-order valence-electron chi connectivity index (χ4n) is 1.56. The quantitative estimate of drug-likeness (QED) is 0.883. The second-order valence-electron chi connectivity index (χ2n) is 3.05. The largest absolute Gasteiger partial charge is 0.330 e. The van der Waals surface area contributed by atoms with Crippen LogP contribution < -0.4 is 5.73 Å². The third-order valence-corrected chi connectivity index (χ3v) is 2.18. The number of aromatic nitrogens is 1. The van der Waals surface area contributed by atoms with Crippen LogP contribution in [0.25, 0.3) is 10.8 Å². The van der Waals surface area contributed by atoms with Gasteiger partial charge < -0.3 is 5.73 Å². The van der Waals surface area contributed by atoms with Gasteiger partial charge in [0.2, 0.25) is 0 Å². The first-order valence-electron chi connectivity index (χ1n) is 4.43. The summed E-state index contributed by atoms with van der Waals surface area (Å²) in [5, 5.41) is 2.46. The maximum Gasteiger partial charge on any atom is 0.0346 e. The molecule has 0 aliphatic rings. The molecule has 0 saturated carbocycles. The zero-order valence-electron chi connectivity index (χ0n) is 8.22. The van der Waals surface area contributed by atoms with Gasteiger partial charge in [-0.25, -0.2) is 0 Å². The summed E-state index contributed by atoms with van der Waals surface area (Å²) in [6.07, 6.45) is 4.64. The van der Waals surface area contributed by atoms with Crippen molar-refractivity contribution < 1.29 is 0 Å². The van der Waals surface area contributed by atoms with E-state index < -0.39 is 0 Å². The molecule has 0 aliphatic heterocycles. The standard InChI is InChI=1S/C11H12N2.2ClH/c12-6-4-9-2-1-3-10-8-13-7-5-11(9)10;;/h1-3,5,7-8H,4,6,12H2;2*1H. The Balaban J connectivity index is 0.000000980. The molecule has 0 radical (unpaired) electrons. The molecule has 1 heterocycles. The summed E-state index contributed by atoms with van der Waals surface area (Å²) < 4.78 is 0. The Bertz CT molecular complexity index is 413. The lowest BCUT2D eigenvalue weighted by Crippen LogP contribution is -2.02. The predicted molar refractivity (Wildman–Crippen MR) is 69.0 cm³/mol. The van der Waals surface area contributed by atoms with Gasteiger partial charge in [0.1, 0.15) is 0 Å². The molecule has 0 unspecified atom stereocenters. The number of nitrogens with two attached hydrogens (primary N) is 1. The summed E-state index contributed by atoms with van der Waals surface area (Å²) in [4.78, 5) is 4.08. The molecule has 1 aromatic carbocycles. The lowest BCUT2D eigenvalue weighted by Gasteiger charge is -2.03. The molecule has 15 heavy (non-hydrogen) atoms. The van der Waals surface area contributed by atoms with Gasteiger partial charge in [0.05, 0.1) is 0 Å². The van der Waals surface area contributed by atoms with Crippen molar-refractivity contribution in [3.8, 4) is 0 Å². The van der Waals surface area contributed by atoms with Gasteiger partial charge >= 0.3 is 0 Å². The molecule has 82 valence electrons. The highest BCUT2D eigenvalue weighted by Crippen LogP contribution is 2.17. The summed E-state index contributed by atoms with van der Waals surface area (Å²) in [6, 6.07) is 8.28. The van der Waals surface area contributed by atoms with E-state index in [9.17, 15) is 0 Å². The summed E-state index contributed by atoms with van der Waals surface area (Å²) in [5.74, 6) is 0. The summed E-state index contributed by atoms with van der Waals surface area (Å²) in [7, 11) is 0. The first-order chi connectivity index (χ1) is 6.42. The molecule has 0 fully saturated rings. The second-order valence-corrected chi connectivity index (χ2v) is 3.05. The monoisotopic (exact) mass is 244 g/mol. The molecule has 0 aliphatic carbocycles. The van der Waals surface area contributed by atoms with Crippen molar-refractivity contribution in [2.45, 2.75) is 6.42 Å². The molecule has 1 aromatic heterocycles. The van der Waals surface area contributed by atoms with Crippen molar-refractivity contribution in [3.05, 3.63) is 42.2 Å². The number of benzene rings is 1. The smallest absolute Gasteiger partial charge is 0.0346 e. The molecular formula is C11H14Cl2N2. The van der Waals surface area contributed by atoms with E-state index in [2.05, 4.69) is 23.2 Å². The van der Waals surface area contributed by atoms with Crippen LogP contribution in [-0.2, 0) is 6.42 Å². The normalized spacial score (nSPS) is 9.13. The van der Waals surface area contributed by atoms with Crippen LogP contribution in [0.15, 0.2) is 36.7 Å². The number of hydrogen-bond donors (Lipinski definition) is 1. The average Bonchev–Trinajstić information content (AvgIpc) is 2.19. The molecule has 0 amide bonds. The molecule has 0 atom stereocenters. The van der Waals surface area contributed by atoms with Crippen LogP contribution in [0.1, 0.15) is 5.56 Å². The van der Waals surface area contributed by atoms with Crippen molar-refractivity contribution in [1.29, 1.82) is 0 Å². The van der Waals surface area contributed by atoms with E-state index >= 15 is 0 Å². The Labute approximate surface area is 102 Å². The van der Waals surface area contributed by atoms with Crippen LogP contribution >= 0.6 is 24.8 Å². The van der Waals surface area contributed by atoms with Crippen molar-refractivity contribution >= 4 is 35.6 Å². The zero-order chi connectivity index (χ0) is 9.10. The van der Waals surface area contributed by atoms with Gasteiger partial charge in [-0.05, 0) is 30.0 Å². The van der Waals surface area contributed by atoms with Crippen LogP contribution in [0.2, 0.25) is 0 Å². The van der Waals surface area contributed by atoms with Crippen molar-refractivity contribution in [1.82, 2.24) is 4.98 Å². The van der Waals surface area contributed by atoms with Crippen LogP contribution in [0.4, 0.5) is 0 Å². The van der Waals surface area contributed by atoms with Gasteiger partial charge in [-0.2, -0.15) is 0 Å². The summed E-state index contributed by atoms with van der Waals surface area (Å²) in [5.41, 5.74) is 6.84. The van der Waals surface area contributed by atoms with Crippen molar-refractivity contribution in [3.63, 3.8) is 0 Å². The number of fused-ring (bicyclic) bond motifs is 1. The number of hydrogen-bond acceptors (Lipinski definition) is 2. The molecular weight excluding hydrogens is 231 g/mol. The van der Waals surface area contributed by atoms with Gasteiger partial charge in [-0.3, -0.25) is 4.98 Å². The van der Waals surface area contributed by atoms with Crippen molar-refractivity contribution in [2.24, 2.45) is 5.73 Å². The fourth-order valence-corrected chi connectivity index (χ4v) is 1.56. The van der Waals surface area contributed by atoms with E-state index in [0.29, 0.717) is 6.54 Å². The van der Waals surface area contributed by atoms with Gasteiger partial charge in [-0.1, -0.05) is 18.2 Å². The van der Waals surface area contributed by atoms with E-state index in [-0.39, 0.29) is 24.8 Å². The number of pyridine rings is 1. The molecule has 2 aromatic rings. The summed E-state index contributed by atoms with van der Waals surface area (Å²) in [6.45, 7) is 0.696. The third-order valence-electron chi connectivity index (χ3n) is 2.18. The lowest BCUT2D eigenvalue weighted by molar-refractivity contribution is 0.977. The molecule has 4 heteroatoms. The lowest BCUT2D eigenvalue weighted by atomic mass is 10.0. The topological polar surface area (TPSA) is 38.9 Å². The number of nitrogens with zero attached hydrogens (tertiary/aromatic N) is 1. The highest BCUT2D eigenvalue weighted by atomic mass is 35.5. The summed E-state index contributed by atoms with van der Waals surface area (Å²) >= 11 is 0. The average molecular weight is 245 g/mol. The number of rotatable bonds is 2. The highest BCUT2D eigenvalue weighted by Gasteiger charge is 1.98. The molecule has 0 bridgehead atoms. The number of halogens is 2. The SMILES string of the molecule is Cl.Cl.NCCc1cccc2cnccc12. The molecule has 2 N–H and O–H groups in total. The van der Waals surface area contributed by atoms with E-state index in [1.165, 1.54) is 16.3 Å². The Morgan fingerprint density at radius 2 is 1.93 bits per heavy atom. The molecule has 2 rings (SSSR count). The van der Waals surface area contributed by atoms with Gasteiger partial charge in [0.15, 0.2) is 0 Å². The predicted octanol–water partition coefficient (Wildman–Crippen LogP) is 2.58. The van der Waals surface area contributed by atoms with E-state index in [0.717, 1.165) is 6.42 Å². The van der Waals surface area contributed by atoms with E-state index in [1.807, 2.05) is 18.5 Å². The maximum atomic E-state index is 5.54. The maximum absolute atomic E-state index is 5.54. The Morgan fingerprint density at radius 3 is 2.67 bits per heavy atom. The van der Waals surface area contributed by atoms with E-state index in [1.54, 1.807) is 0 Å². The fraction of sp³-hybridized carbons (Fsp3) is 0.182. The first kappa shape index (κ1) is 14.2. The molecule has 0 spiro atoms. The van der Waals surface area contributed by atoms with Gasteiger partial charge in [0.25, 0.3) is 0 Å². The van der Waals surface area contributed by atoms with Crippen LogP contribution in [-0.4, -0.2) is 11.5 Å². The minimum absolute atomic E-state index is 0. The van der Waals surface area contributed by atoms with Gasteiger partial charge in [-0.15, -0.1) is 24.8 Å². The second kappa shape index (κ2) is 6.62. The minimum Gasteiger partial charge on any atom is -0.330 e. The van der Waals surface area contributed by atoms with Crippen LogP contribution in [0.5, 0.6) is 0 Å². The molecule has 2 nitrogen and oxygen atoms in total. The first-order valence-corrected chi connectivity index (χ1v) is 4.43. The zero-order valence-corrected chi connectivity index (χ0v) is 9.85. The van der Waals surface area contributed by atoms with Gasteiger partial charge in [0, 0.05) is 17.8 Å². The van der Waals surface area contributed by atoms with Crippen molar-refractivity contribution in [2.75, 3.05) is 6.54 Å². The Morgan fingerprint density at radius 1 is 1.13 bits per heavy atom. The Kier molecular flexibility index (Phi) is 6.25. The van der Waals surface area contributed by atoms with Crippen LogP contribution in [0, 0.1) is 0 Å². The highest BCUT2D eigenvalue weighted by molar-refractivity contribution is 5.86. The Hall–Kier alpha value is -0.830. The minimum atomic E-state index is 0.